The zero-order chi connectivity index (χ0) is 14.8. The Morgan fingerprint density at radius 3 is 2.71 bits per heavy atom. The number of para-hydroxylation sites is 1. The number of nitrogens with zero attached hydrogens (tertiary/aromatic N) is 1. The minimum Gasteiger partial charge on any atom is -0.489 e. The van der Waals surface area contributed by atoms with E-state index >= 15 is 0 Å². The van der Waals surface area contributed by atoms with Crippen LogP contribution in [0.1, 0.15) is 18.1 Å². The van der Waals surface area contributed by atoms with Gasteiger partial charge in [-0.05, 0) is 37.6 Å². The highest BCUT2D eigenvalue weighted by atomic mass is 35.5. The molecule has 0 aliphatic heterocycles. The molecule has 21 heavy (non-hydrogen) atoms. The van der Waals surface area contributed by atoms with Crippen molar-refractivity contribution in [3.8, 4) is 5.75 Å². The van der Waals surface area contributed by atoms with Crippen LogP contribution in [-0.2, 0) is 13.2 Å². The summed E-state index contributed by atoms with van der Waals surface area (Å²) in [5.74, 6) is 0.934. The molecule has 2 aromatic carbocycles. The molecule has 0 saturated heterocycles. The predicted molar refractivity (Wildman–Crippen MR) is 88.1 cm³/mol. The van der Waals surface area contributed by atoms with E-state index in [2.05, 4.69) is 36.7 Å². The highest BCUT2D eigenvalue weighted by Crippen LogP contribution is 2.26. The van der Waals surface area contributed by atoms with Gasteiger partial charge in [0.1, 0.15) is 12.4 Å². The van der Waals surface area contributed by atoms with Gasteiger partial charge in [-0.25, -0.2) is 0 Å². The third-order valence-corrected chi connectivity index (χ3v) is 3.98. The van der Waals surface area contributed by atoms with E-state index < -0.39 is 0 Å². The van der Waals surface area contributed by atoms with Crippen molar-refractivity contribution in [2.75, 3.05) is 0 Å². The second-order valence-corrected chi connectivity index (χ2v) is 5.59. The van der Waals surface area contributed by atoms with E-state index in [1.165, 1.54) is 10.9 Å². The van der Waals surface area contributed by atoms with Gasteiger partial charge in [-0.1, -0.05) is 35.9 Å². The first kappa shape index (κ1) is 14.0. The summed E-state index contributed by atoms with van der Waals surface area (Å²) < 4.78 is 8.18. The Labute approximate surface area is 129 Å². The molecule has 108 valence electrons. The number of benzene rings is 2. The van der Waals surface area contributed by atoms with E-state index in [4.69, 9.17) is 16.3 Å². The van der Waals surface area contributed by atoms with Gasteiger partial charge < -0.3 is 9.30 Å². The van der Waals surface area contributed by atoms with Gasteiger partial charge in [0.2, 0.25) is 0 Å². The molecule has 3 rings (SSSR count). The van der Waals surface area contributed by atoms with Crippen LogP contribution < -0.4 is 4.74 Å². The van der Waals surface area contributed by atoms with Crippen LogP contribution in [0, 0.1) is 6.92 Å². The van der Waals surface area contributed by atoms with Gasteiger partial charge in [0, 0.05) is 34.2 Å². The van der Waals surface area contributed by atoms with E-state index in [9.17, 15) is 0 Å². The molecule has 0 N–H and O–H groups in total. The van der Waals surface area contributed by atoms with Gasteiger partial charge in [-0.2, -0.15) is 0 Å². The summed E-state index contributed by atoms with van der Waals surface area (Å²) in [7, 11) is 0. The van der Waals surface area contributed by atoms with Gasteiger partial charge in [0.25, 0.3) is 0 Å². The lowest BCUT2D eigenvalue weighted by atomic mass is 10.2. The Morgan fingerprint density at radius 2 is 1.95 bits per heavy atom. The number of fused-ring (bicyclic) bond motifs is 1. The van der Waals surface area contributed by atoms with E-state index in [0.717, 1.165) is 28.4 Å². The Bertz CT molecular complexity index is 776. The SMILES string of the molecule is CCn1cc(COc2ccccc2C)c2ccc(Cl)cc21. The summed E-state index contributed by atoms with van der Waals surface area (Å²) in [6.45, 7) is 5.67. The molecular formula is C18H18ClNO. The second kappa shape index (κ2) is 5.82. The molecule has 0 aliphatic rings. The third kappa shape index (κ3) is 2.77. The Balaban J connectivity index is 1.92. The summed E-state index contributed by atoms with van der Waals surface area (Å²) in [5.41, 5.74) is 3.50. The molecule has 0 aliphatic carbocycles. The average molecular weight is 300 g/mol. The number of aryl methyl sites for hydroxylation is 2. The lowest BCUT2D eigenvalue weighted by Gasteiger charge is -2.08. The quantitative estimate of drug-likeness (QED) is 0.645. The first-order chi connectivity index (χ1) is 10.2. The first-order valence-electron chi connectivity index (χ1n) is 7.14. The van der Waals surface area contributed by atoms with Crippen LogP contribution in [0.3, 0.4) is 0 Å². The smallest absolute Gasteiger partial charge is 0.122 e. The van der Waals surface area contributed by atoms with Crippen molar-refractivity contribution in [1.29, 1.82) is 0 Å². The third-order valence-electron chi connectivity index (χ3n) is 3.74. The van der Waals surface area contributed by atoms with Crippen LogP contribution in [0.2, 0.25) is 5.02 Å². The van der Waals surface area contributed by atoms with E-state index in [0.29, 0.717) is 6.61 Å². The van der Waals surface area contributed by atoms with Crippen LogP contribution in [0.5, 0.6) is 5.75 Å². The molecule has 0 spiro atoms. The molecule has 2 nitrogen and oxygen atoms in total. The van der Waals surface area contributed by atoms with Crippen LogP contribution in [0.4, 0.5) is 0 Å². The standard InChI is InChI=1S/C18H18ClNO/c1-3-20-11-14(16-9-8-15(19)10-17(16)20)12-21-18-7-5-4-6-13(18)2/h4-11H,3,12H2,1-2H3. The van der Waals surface area contributed by atoms with Crippen molar-refractivity contribution < 1.29 is 4.74 Å². The zero-order valence-corrected chi connectivity index (χ0v) is 13.0. The fraction of sp³-hybridized carbons (Fsp3) is 0.222. The summed E-state index contributed by atoms with van der Waals surface area (Å²) in [6.07, 6.45) is 2.15. The fourth-order valence-corrected chi connectivity index (χ4v) is 2.76. The molecule has 0 unspecified atom stereocenters. The first-order valence-corrected chi connectivity index (χ1v) is 7.52. The minimum atomic E-state index is 0.565. The number of hydrogen-bond donors (Lipinski definition) is 0. The summed E-state index contributed by atoms with van der Waals surface area (Å²) in [4.78, 5) is 0. The molecule has 3 heteroatoms. The number of halogens is 1. The molecule has 0 amide bonds. The lowest BCUT2D eigenvalue weighted by molar-refractivity contribution is 0.305. The average Bonchev–Trinajstić information content (AvgIpc) is 2.83. The topological polar surface area (TPSA) is 14.2 Å². The molecule has 0 fully saturated rings. The molecule has 3 aromatic rings. The normalized spacial score (nSPS) is 11.0. The van der Waals surface area contributed by atoms with Crippen molar-refractivity contribution in [2.45, 2.75) is 27.0 Å². The largest absolute Gasteiger partial charge is 0.489 e. The van der Waals surface area contributed by atoms with Crippen LogP contribution in [-0.4, -0.2) is 4.57 Å². The van der Waals surface area contributed by atoms with Gasteiger partial charge in [0.05, 0.1) is 0 Å². The monoisotopic (exact) mass is 299 g/mol. The molecule has 0 atom stereocenters. The lowest BCUT2D eigenvalue weighted by Crippen LogP contribution is -1.96. The van der Waals surface area contributed by atoms with Gasteiger partial charge >= 0.3 is 0 Å². The van der Waals surface area contributed by atoms with Crippen molar-refractivity contribution in [3.05, 3.63) is 64.8 Å². The van der Waals surface area contributed by atoms with Crippen LogP contribution >= 0.6 is 11.6 Å². The predicted octanol–water partition coefficient (Wildman–Crippen LogP) is 5.20. The Morgan fingerprint density at radius 1 is 1.14 bits per heavy atom. The van der Waals surface area contributed by atoms with E-state index in [1.807, 2.05) is 30.3 Å². The summed E-state index contributed by atoms with van der Waals surface area (Å²) in [5, 5.41) is 1.97. The maximum Gasteiger partial charge on any atom is 0.122 e. The number of rotatable bonds is 4. The molecule has 0 saturated carbocycles. The Kier molecular flexibility index (Phi) is 3.89. The van der Waals surface area contributed by atoms with Crippen molar-refractivity contribution in [1.82, 2.24) is 4.57 Å². The maximum absolute atomic E-state index is 6.11. The van der Waals surface area contributed by atoms with Crippen molar-refractivity contribution in [3.63, 3.8) is 0 Å². The second-order valence-electron chi connectivity index (χ2n) is 5.16. The highest BCUT2D eigenvalue weighted by Gasteiger charge is 2.09. The number of aromatic nitrogens is 1. The summed E-state index contributed by atoms with van der Waals surface area (Å²) >= 11 is 6.11. The van der Waals surface area contributed by atoms with Crippen LogP contribution in [0.15, 0.2) is 48.7 Å². The number of ether oxygens (including phenoxy) is 1. The van der Waals surface area contributed by atoms with E-state index in [1.54, 1.807) is 0 Å². The Hall–Kier alpha value is -1.93. The van der Waals surface area contributed by atoms with Gasteiger partial charge in [0.15, 0.2) is 0 Å². The van der Waals surface area contributed by atoms with Gasteiger partial charge in [-0.3, -0.25) is 0 Å². The van der Waals surface area contributed by atoms with Crippen molar-refractivity contribution >= 4 is 22.5 Å². The number of hydrogen-bond acceptors (Lipinski definition) is 1. The summed E-state index contributed by atoms with van der Waals surface area (Å²) in [6, 6.07) is 14.1. The molecule has 1 aromatic heterocycles. The molecule has 1 heterocycles. The fourth-order valence-electron chi connectivity index (χ4n) is 2.59. The maximum atomic E-state index is 6.11. The van der Waals surface area contributed by atoms with Crippen molar-refractivity contribution in [2.24, 2.45) is 0 Å². The highest BCUT2D eigenvalue weighted by molar-refractivity contribution is 6.31. The van der Waals surface area contributed by atoms with Crippen LogP contribution in [0.25, 0.3) is 10.9 Å². The molecular weight excluding hydrogens is 282 g/mol. The molecule has 0 radical (unpaired) electrons. The molecule has 0 bridgehead atoms. The van der Waals surface area contributed by atoms with E-state index in [-0.39, 0.29) is 0 Å². The van der Waals surface area contributed by atoms with Gasteiger partial charge in [-0.15, -0.1) is 0 Å². The zero-order valence-electron chi connectivity index (χ0n) is 12.3. The minimum absolute atomic E-state index is 0.565.